The summed E-state index contributed by atoms with van der Waals surface area (Å²) < 4.78 is 0. The lowest BCUT2D eigenvalue weighted by molar-refractivity contribution is -0.127. The second-order valence-electron chi connectivity index (χ2n) is 21.7. The van der Waals surface area contributed by atoms with Crippen molar-refractivity contribution in [2.45, 2.75) is 234 Å². The monoisotopic (exact) mass is 999 g/mol. The van der Waals surface area contributed by atoms with Gasteiger partial charge in [0.2, 0.25) is 0 Å². The van der Waals surface area contributed by atoms with Crippen molar-refractivity contribution >= 4 is 56.9 Å². The number of fused-ring (bicyclic) bond motifs is 2. The summed E-state index contributed by atoms with van der Waals surface area (Å²) in [6, 6.07) is 13.9. The van der Waals surface area contributed by atoms with Gasteiger partial charge in [-0.1, -0.05) is 158 Å². The second kappa shape index (κ2) is 25.6. The van der Waals surface area contributed by atoms with Crippen molar-refractivity contribution in [3.63, 3.8) is 0 Å². The molecule has 0 radical (unpaired) electrons. The fourth-order valence-electron chi connectivity index (χ4n) is 12.8. The van der Waals surface area contributed by atoms with Gasteiger partial charge in [0.1, 0.15) is 0 Å². The van der Waals surface area contributed by atoms with Gasteiger partial charge in [-0.2, -0.15) is 0 Å². The molecule has 1 saturated carbocycles. The van der Waals surface area contributed by atoms with E-state index >= 15 is 9.59 Å². The first-order valence-corrected chi connectivity index (χ1v) is 31.2. The molecule has 0 aromatic carbocycles. The normalized spacial score (nSPS) is 25.5. The van der Waals surface area contributed by atoms with E-state index in [1.807, 2.05) is 45.3 Å². The SMILES string of the molecule is CCCCC(CC)Cc1cc(-c2ccc(C3C4NC(CC(CC)CCCC)C(=O)C4C(c4ccc(-c5cc(CC(CC)CCCC)c(C)s5)s4)C4NC(CC(CC)CCCC)C(=O)C43)s2)sc1C. The molecule has 7 rings (SSSR count). The second-order valence-corrected chi connectivity index (χ2v) is 26.5. The maximum absolute atomic E-state index is 15.5. The van der Waals surface area contributed by atoms with Crippen LogP contribution in [-0.2, 0) is 22.4 Å². The summed E-state index contributed by atoms with van der Waals surface area (Å²) >= 11 is 7.71. The average Bonchev–Trinajstić information content (AvgIpc) is 4.23. The zero-order chi connectivity index (χ0) is 48.5. The Morgan fingerprint density at radius 1 is 0.456 bits per heavy atom. The molecule has 4 aromatic heterocycles. The van der Waals surface area contributed by atoms with Crippen LogP contribution in [0.25, 0.3) is 19.5 Å². The van der Waals surface area contributed by atoms with Crippen molar-refractivity contribution < 1.29 is 9.59 Å². The number of Topliss-reactive ketones (excluding diaryl/α,β-unsaturated/α-hetero) is 2. The van der Waals surface area contributed by atoms with Gasteiger partial charge in [-0.15, -0.1) is 45.3 Å². The molecular formula is C60H90N2O2S4. The predicted molar refractivity (Wildman–Crippen MR) is 299 cm³/mol. The lowest BCUT2D eigenvalue weighted by Crippen LogP contribution is -2.54. The van der Waals surface area contributed by atoms with E-state index in [9.17, 15) is 0 Å². The first-order valence-electron chi connectivity index (χ1n) is 28.0. The molecule has 0 spiro atoms. The van der Waals surface area contributed by atoms with Crippen molar-refractivity contribution in [3.8, 4) is 19.5 Å². The van der Waals surface area contributed by atoms with Gasteiger partial charge in [-0.05, 0) is 111 Å². The maximum Gasteiger partial charge on any atom is 0.155 e. The fraction of sp³-hybridized carbons (Fsp3) is 0.700. The van der Waals surface area contributed by atoms with Gasteiger partial charge < -0.3 is 10.6 Å². The Hall–Kier alpha value is -1.94. The van der Waals surface area contributed by atoms with Crippen molar-refractivity contribution in [3.05, 3.63) is 67.0 Å². The minimum Gasteiger partial charge on any atom is -0.303 e. The smallest absolute Gasteiger partial charge is 0.155 e. The highest BCUT2D eigenvalue weighted by molar-refractivity contribution is 7.22. The molecule has 68 heavy (non-hydrogen) atoms. The molecule has 4 nitrogen and oxygen atoms in total. The standard InChI is InChI=1S/C60H90N2O2S4/c1-11-19-23-39(15-5)31-43-35-51(65-37(43)9)47-27-29-49(67-47)53-55-58(62-45(59(55)63)33-41(17-7)25-21-13-3)54(56-57(53)61-46(60(56)64)34-42(18-8)26-22-14-4)50-30-28-48(68-50)52-36-44(38(10)66-52)32-40(16-6)24-20-12-2/h27-30,35-36,39-42,45-46,53-58,61-62H,11-26,31-34H2,1-10H3. The van der Waals surface area contributed by atoms with Crippen molar-refractivity contribution in [2.75, 3.05) is 0 Å². The molecule has 2 N–H and O–H groups in total. The van der Waals surface area contributed by atoms with Gasteiger partial charge in [-0.3, -0.25) is 9.59 Å². The number of aryl methyl sites for hydroxylation is 2. The number of ketones is 2. The first kappa shape index (κ1) is 53.8. The van der Waals surface area contributed by atoms with Crippen LogP contribution in [0.5, 0.6) is 0 Å². The Morgan fingerprint density at radius 3 is 1.15 bits per heavy atom. The number of hydrogen-bond acceptors (Lipinski definition) is 8. The Labute approximate surface area is 430 Å². The largest absolute Gasteiger partial charge is 0.303 e. The van der Waals surface area contributed by atoms with Gasteiger partial charge in [0.05, 0.1) is 12.1 Å². The topological polar surface area (TPSA) is 58.2 Å². The zero-order valence-electron chi connectivity index (χ0n) is 44.0. The quantitative estimate of drug-likeness (QED) is 0.0595. The van der Waals surface area contributed by atoms with Crippen LogP contribution in [-0.4, -0.2) is 35.7 Å². The molecular weight excluding hydrogens is 909 g/mol. The third kappa shape index (κ3) is 12.3. The maximum atomic E-state index is 15.5. The molecule has 3 fully saturated rings. The predicted octanol–water partition coefficient (Wildman–Crippen LogP) is 17.5. The number of hydrogen-bond donors (Lipinski definition) is 2. The van der Waals surface area contributed by atoms with E-state index in [0.717, 1.165) is 50.4 Å². The molecule has 8 heteroatoms. The number of carbonyl (C=O) groups excluding carboxylic acids is 2. The minimum atomic E-state index is -0.192. The molecule has 12 unspecified atom stereocenters. The molecule has 2 aliphatic heterocycles. The molecule has 12 atom stereocenters. The molecule has 0 bridgehead atoms. The summed E-state index contributed by atoms with van der Waals surface area (Å²) in [4.78, 5) is 41.9. The lowest BCUT2D eigenvalue weighted by atomic mass is 9.61. The highest BCUT2D eigenvalue weighted by Gasteiger charge is 2.63. The Kier molecular flexibility index (Phi) is 20.3. The fourth-order valence-corrected chi connectivity index (χ4v) is 17.5. The molecule has 3 aliphatic rings. The van der Waals surface area contributed by atoms with E-state index in [2.05, 4.69) is 116 Å². The van der Waals surface area contributed by atoms with Crippen LogP contribution < -0.4 is 10.6 Å². The molecule has 1 aliphatic carbocycles. The Morgan fingerprint density at radius 2 is 0.809 bits per heavy atom. The van der Waals surface area contributed by atoms with E-state index in [1.165, 1.54) is 140 Å². The molecule has 6 heterocycles. The van der Waals surface area contributed by atoms with E-state index in [-0.39, 0.29) is 47.8 Å². The lowest BCUT2D eigenvalue weighted by Gasteiger charge is -2.45. The molecule has 2 saturated heterocycles. The zero-order valence-corrected chi connectivity index (χ0v) is 47.2. The summed E-state index contributed by atoms with van der Waals surface area (Å²) in [5, 5.41) is 8.28. The average molecular weight is 1000 g/mol. The summed E-state index contributed by atoms with van der Waals surface area (Å²) in [7, 11) is 0. The minimum absolute atomic E-state index is 0.0504. The van der Waals surface area contributed by atoms with E-state index < -0.39 is 0 Å². The van der Waals surface area contributed by atoms with Gasteiger partial charge >= 0.3 is 0 Å². The summed E-state index contributed by atoms with van der Waals surface area (Å²) in [5.74, 6) is 2.81. The van der Waals surface area contributed by atoms with E-state index in [1.54, 1.807) is 0 Å². The number of unbranched alkanes of at least 4 members (excludes halogenated alkanes) is 4. The van der Waals surface area contributed by atoms with Crippen LogP contribution >= 0.6 is 45.3 Å². The van der Waals surface area contributed by atoms with Crippen LogP contribution in [0.4, 0.5) is 0 Å². The van der Waals surface area contributed by atoms with Crippen LogP contribution in [0.15, 0.2) is 36.4 Å². The van der Waals surface area contributed by atoms with E-state index in [4.69, 9.17) is 0 Å². The van der Waals surface area contributed by atoms with Gasteiger partial charge in [0.15, 0.2) is 11.6 Å². The summed E-state index contributed by atoms with van der Waals surface area (Å²) in [5.41, 5.74) is 3.02. The summed E-state index contributed by atoms with van der Waals surface area (Å²) in [6.45, 7) is 23.1. The molecule has 376 valence electrons. The van der Waals surface area contributed by atoms with Crippen LogP contribution in [0.1, 0.15) is 213 Å². The Bertz CT molecular complexity index is 2040. The third-order valence-corrected chi connectivity index (χ3v) is 22.2. The van der Waals surface area contributed by atoms with Crippen LogP contribution in [0.3, 0.4) is 0 Å². The van der Waals surface area contributed by atoms with Crippen LogP contribution in [0.2, 0.25) is 0 Å². The van der Waals surface area contributed by atoms with Crippen molar-refractivity contribution in [2.24, 2.45) is 35.5 Å². The third-order valence-electron chi connectivity index (χ3n) is 17.2. The summed E-state index contributed by atoms with van der Waals surface area (Å²) in [6.07, 6.45) is 23.6. The van der Waals surface area contributed by atoms with Crippen molar-refractivity contribution in [1.29, 1.82) is 0 Å². The highest BCUT2D eigenvalue weighted by Crippen LogP contribution is 2.57. The van der Waals surface area contributed by atoms with Crippen LogP contribution in [0, 0.1) is 49.4 Å². The number of rotatable bonds is 28. The number of thiophene rings is 4. The van der Waals surface area contributed by atoms with Crippen molar-refractivity contribution in [1.82, 2.24) is 10.6 Å². The van der Waals surface area contributed by atoms with Gasteiger partial charge in [0.25, 0.3) is 0 Å². The molecule has 0 amide bonds. The Balaban J connectivity index is 1.28. The molecule has 4 aromatic rings. The number of carbonyl (C=O) groups is 2. The number of nitrogens with one attached hydrogen (secondary N) is 2. The van der Waals surface area contributed by atoms with E-state index in [0.29, 0.717) is 23.4 Å². The van der Waals surface area contributed by atoms with Gasteiger partial charge in [0, 0.05) is 74.8 Å². The van der Waals surface area contributed by atoms with Gasteiger partial charge in [-0.25, -0.2) is 0 Å². The highest BCUT2D eigenvalue weighted by atomic mass is 32.1. The first-order chi connectivity index (χ1) is 33.0.